The molecule has 0 spiro atoms. The summed E-state index contributed by atoms with van der Waals surface area (Å²) < 4.78 is 16.5. The highest BCUT2D eigenvalue weighted by molar-refractivity contribution is 5.87. The topological polar surface area (TPSA) is 65.0 Å². The summed E-state index contributed by atoms with van der Waals surface area (Å²) in [5.74, 6) is 1.39. The Morgan fingerprint density at radius 2 is 1.75 bits per heavy atom. The zero-order chi connectivity index (χ0) is 17.3. The monoisotopic (exact) mass is 328 g/mol. The maximum absolute atomic E-state index is 12.2. The molecule has 0 unspecified atom stereocenters. The maximum atomic E-state index is 12.2. The van der Waals surface area contributed by atoms with Crippen molar-refractivity contribution in [2.75, 3.05) is 14.2 Å². The van der Waals surface area contributed by atoms with Gasteiger partial charge in [0.2, 0.25) is 0 Å². The minimum atomic E-state index is -0.319. The number of phenolic OH excluding ortho intramolecular Hbond substituents is 1. The van der Waals surface area contributed by atoms with Crippen molar-refractivity contribution in [3.8, 4) is 34.1 Å². The first-order valence-electron chi connectivity index (χ1n) is 7.82. The van der Waals surface area contributed by atoms with Crippen molar-refractivity contribution in [2.45, 2.75) is 19.8 Å². The van der Waals surface area contributed by atoms with Gasteiger partial charge in [0.05, 0.1) is 19.8 Å². The number of hydrogen-bond donors (Lipinski definition) is 1. The van der Waals surface area contributed by atoms with Gasteiger partial charge in [-0.25, -0.2) is 0 Å². The predicted molar refractivity (Wildman–Crippen MR) is 89.8 cm³/mol. The van der Waals surface area contributed by atoms with E-state index in [1.165, 1.54) is 0 Å². The van der Waals surface area contributed by atoms with Crippen LogP contribution in [0.1, 0.15) is 18.9 Å². The average molecular weight is 328 g/mol. The smallest absolute Gasteiger partial charge is 0.311 e. The van der Waals surface area contributed by atoms with E-state index in [9.17, 15) is 9.90 Å². The maximum Gasteiger partial charge on any atom is 0.311 e. The zero-order valence-electron chi connectivity index (χ0n) is 14.0. The van der Waals surface area contributed by atoms with E-state index in [1.54, 1.807) is 38.5 Å². The SMILES string of the molecule is COc1ccc(OC)c2c1C[C@H](C)CC(=O)Oc1cccc(O)c1-2. The fraction of sp³-hybridized carbons (Fsp3) is 0.316. The lowest BCUT2D eigenvalue weighted by Crippen LogP contribution is -2.13. The van der Waals surface area contributed by atoms with E-state index in [2.05, 4.69) is 0 Å². The molecular formula is C19H20O5. The highest BCUT2D eigenvalue weighted by Crippen LogP contribution is 2.48. The molecule has 2 aromatic carbocycles. The molecule has 0 saturated heterocycles. The summed E-state index contributed by atoms with van der Waals surface area (Å²) in [5, 5.41) is 10.5. The molecule has 0 aliphatic carbocycles. The van der Waals surface area contributed by atoms with Crippen molar-refractivity contribution < 1.29 is 24.1 Å². The van der Waals surface area contributed by atoms with Gasteiger partial charge in [0, 0.05) is 17.5 Å². The molecule has 0 fully saturated rings. The lowest BCUT2D eigenvalue weighted by atomic mass is 9.90. The van der Waals surface area contributed by atoms with Crippen LogP contribution in [0.5, 0.6) is 23.0 Å². The number of rotatable bonds is 2. The van der Waals surface area contributed by atoms with Crippen LogP contribution in [0.15, 0.2) is 30.3 Å². The summed E-state index contributed by atoms with van der Waals surface area (Å²) in [6.07, 6.45) is 0.896. The van der Waals surface area contributed by atoms with Crippen LogP contribution in [-0.2, 0) is 11.2 Å². The van der Waals surface area contributed by atoms with Crippen LogP contribution < -0.4 is 14.2 Å². The number of esters is 1. The normalized spacial score (nSPS) is 16.8. The van der Waals surface area contributed by atoms with Gasteiger partial charge in [-0.3, -0.25) is 4.79 Å². The molecule has 3 rings (SSSR count). The van der Waals surface area contributed by atoms with Crippen LogP contribution in [-0.4, -0.2) is 25.3 Å². The second-order valence-corrected chi connectivity index (χ2v) is 5.96. The number of carbonyl (C=O) groups excluding carboxylic acids is 1. The number of aromatic hydroxyl groups is 1. The van der Waals surface area contributed by atoms with E-state index < -0.39 is 0 Å². The lowest BCUT2D eigenvalue weighted by molar-refractivity contribution is -0.135. The fourth-order valence-electron chi connectivity index (χ4n) is 3.17. The van der Waals surface area contributed by atoms with Crippen molar-refractivity contribution in [3.05, 3.63) is 35.9 Å². The number of benzene rings is 2. The molecule has 5 nitrogen and oxygen atoms in total. The molecule has 0 saturated carbocycles. The molecule has 1 N–H and O–H groups in total. The molecule has 1 atom stereocenters. The number of methoxy groups -OCH3 is 2. The second-order valence-electron chi connectivity index (χ2n) is 5.96. The highest BCUT2D eigenvalue weighted by atomic mass is 16.5. The molecule has 0 bridgehead atoms. The quantitative estimate of drug-likeness (QED) is 0.674. The summed E-state index contributed by atoms with van der Waals surface area (Å²) in [5.41, 5.74) is 2.04. The Morgan fingerprint density at radius 1 is 1.04 bits per heavy atom. The third-order valence-corrected chi connectivity index (χ3v) is 4.22. The first-order chi connectivity index (χ1) is 11.5. The number of hydrogen-bond acceptors (Lipinski definition) is 5. The molecule has 1 aliphatic heterocycles. The first kappa shape index (κ1) is 16.2. The summed E-state index contributed by atoms with van der Waals surface area (Å²) in [7, 11) is 3.18. The summed E-state index contributed by atoms with van der Waals surface area (Å²) in [4.78, 5) is 12.2. The van der Waals surface area contributed by atoms with Crippen molar-refractivity contribution in [1.29, 1.82) is 0 Å². The molecule has 0 radical (unpaired) electrons. The Hall–Kier alpha value is -2.69. The van der Waals surface area contributed by atoms with E-state index in [0.717, 1.165) is 5.56 Å². The molecule has 2 aromatic rings. The van der Waals surface area contributed by atoms with Crippen LogP contribution >= 0.6 is 0 Å². The molecule has 1 heterocycles. The molecular weight excluding hydrogens is 308 g/mol. The van der Waals surface area contributed by atoms with Gasteiger partial charge in [0.25, 0.3) is 0 Å². The van der Waals surface area contributed by atoms with E-state index in [4.69, 9.17) is 14.2 Å². The zero-order valence-corrected chi connectivity index (χ0v) is 14.0. The minimum absolute atomic E-state index is 0.0302. The fourth-order valence-corrected chi connectivity index (χ4v) is 3.17. The van der Waals surface area contributed by atoms with Gasteiger partial charge in [0.1, 0.15) is 23.0 Å². The number of ether oxygens (including phenoxy) is 3. The third kappa shape index (κ3) is 2.77. The Balaban J connectivity index is 2.38. The van der Waals surface area contributed by atoms with Gasteiger partial charge < -0.3 is 19.3 Å². The Morgan fingerprint density at radius 3 is 2.46 bits per heavy atom. The first-order valence-corrected chi connectivity index (χ1v) is 7.82. The molecule has 24 heavy (non-hydrogen) atoms. The molecule has 0 amide bonds. The second kappa shape index (κ2) is 6.43. The van der Waals surface area contributed by atoms with Gasteiger partial charge in [-0.15, -0.1) is 0 Å². The average Bonchev–Trinajstić information content (AvgIpc) is 2.59. The molecule has 5 heteroatoms. The van der Waals surface area contributed by atoms with Crippen LogP contribution in [0.4, 0.5) is 0 Å². The molecule has 1 aliphatic rings. The Kier molecular flexibility index (Phi) is 4.34. The minimum Gasteiger partial charge on any atom is -0.507 e. The standard InChI is InChI=1S/C19H20O5/c1-11-9-12-14(22-2)7-8-15(23-3)18(12)19-13(20)5-4-6-16(19)24-17(21)10-11/h4-8,11,20H,9-10H2,1-3H3/t11-/m0/s1. The van der Waals surface area contributed by atoms with Gasteiger partial charge >= 0.3 is 5.97 Å². The highest BCUT2D eigenvalue weighted by Gasteiger charge is 2.27. The van der Waals surface area contributed by atoms with Crippen molar-refractivity contribution >= 4 is 5.97 Å². The van der Waals surface area contributed by atoms with Crippen molar-refractivity contribution in [3.63, 3.8) is 0 Å². The van der Waals surface area contributed by atoms with Crippen LogP contribution in [0.2, 0.25) is 0 Å². The van der Waals surface area contributed by atoms with Gasteiger partial charge in [0.15, 0.2) is 0 Å². The molecule has 126 valence electrons. The van der Waals surface area contributed by atoms with Gasteiger partial charge in [-0.1, -0.05) is 13.0 Å². The van der Waals surface area contributed by atoms with Crippen LogP contribution in [0, 0.1) is 5.92 Å². The van der Waals surface area contributed by atoms with Gasteiger partial charge in [-0.05, 0) is 36.6 Å². The van der Waals surface area contributed by atoms with Crippen LogP contribution in [0.25, 0.3) is 11.1 Å². The van der Waals surface area contributed by atoms with E-state index in [1.807, 2.05) is 13.0 Å². The lowest BCUT2D eigenvalue weighted by Gasteiger charge is -2.19. The van der Waals surface area contributed by atoms with E-state index in [-0.39, 0.29) is 24.1 Å². The summed E-state index contributed by atoms with van der Waals surface area (Å²) in [6.45, 7) is 1.99. The summed E-state index contributed by atoms with van der Waals surface area (Å²) in [6, 6.07) is 8.51. The van der Waals surface area contributed by atoms with Crippen LogP contribution in [0.3, 0.4) is 0 Å². The van der Waals surface area contributed by atoms with E-state index in [0.29, 0.717) is 34.8 Å². The number of phenols is 1. The Bertz CT molecular complexity index is 782. The van der Waals surface area contributed by atoms with Crippen molar-refractivity contribution in [2.24, 2.45) is 5.92 Å². The van der Waals surface area contributed by atoms with E-state index >= 15 is 0 Å². The van der Waals surface area contributed by atoms with Crippen molar-refractivity contribution in [1.82, 2.24) is 0 Å². The molecule has 0 aromatic heterocycles. The number of fused-ring (bicyclic) bond motifs is 3. The van der Waals surface area contributed by atoms with Gasteiger partial charge in [-0.2, -0.15) is 0 Å². The largest absolute Gasteiger partial charge is 0.507 e. The Labute approximate surface area is 140 Å². The predicted octanol–water partition coefficient (Wildman–Crippen LogP) is 3.56. The number of carbonyl (C=O) groups is 1. The third-order valence-electron chi connectivity index (χ3n) is 4.22. The summed E-state index contributed by atoms with van der Waals surface area (Å²) >= 11 is 0.